The van der Waals surface area contributed by atoms with Gasteiger partial charge in [-0.25, -0.2) is 0 Å². The van der Waals surface area contributed by atoms with Crippen LogP contribution >= 0.6 is 11.3 Å². The van der Waals surface area contributed by atoms with E-state index in [-0.39, 0.29) is 0 Å². The van der Waals surface area contributed by atoms with Gasteiger partial charge in [-0.2, -0.15) is 0 Å². The molecule has 0 amide bonds. The summed E-state index contributed by atoms with van der Waals surface area (Å²) in [6.07, 6.45) is 2.98. The third kappa shape index (κ3) is 2.36. The van der Waals surface area contributed by atoms with E-state index in [1.807, 2.05) is 18.4 Å². The molecule has 0 fully saturated rings. The van der Waals surface area contributed by atoms with Crippen molar-refractivity contribution in [2.45, 2.75) is 26.1 Å². The Kier molecular flexibility index (Phi) is 3.50. The van der Waals surface area contributed by atoms with Crippen LogP contribution in [-0.2, 0) is 26.1 Å². The molecule has 18 heavy (non-hydrogen) atoms. The van der Waals surface area contributed by atoms with Gasteiger partial charge in [-0.1, -0.05) is 0 Å². The molecular formula is C14H18N2OS. The first-order chi connectivity index (χ1) is 8.86. The molecule has 1 aliphatic heterocycles. The predicted octanol–water partition coefficient (Wildman–Crippen LogP) is 2.62. The highest BCUT2D eigenvalue weighted by Crippen LogP contribution is 2.25. The summed E-state index contributed by atoms with van der Waals surface area (Å²) in [5.74, 6) is 1.06. The third-order valence-corrected chi connectivity index (χ3v) is 4.48. The lowest BCUT2D eigenvalue weighted by atomic mass is 10.1. The van der Waals surface area contributed by atoms with E-state index in [1.54, 1.807) is 11.1 Å². The first-order valence-electron chi connectivity index (χ1n) is 6.34. The molecule has 1 aliphatic rings. The van der Waals surface area contributed by atoms with E-state index in [0.717, 1.165) is 31.9 Å². The van der Waals surface area contributed by atoms with Crippen LogP contribution < -0.4 is 5.32 Å². The van der Waals surface area contributed by atoms with Gasteiger partial charge in [0.05, 0.1) is 12.8 Å². The minimum Gasteiger partial charge on any atom is -0.468 e. The Morgan fingerprint density at radius 3 is 3.28 bits per heavy atom. The van der Waals surface area contributed by atoms with Crippen molar-refractivity contribution in [2.75, 3.05) is 13.6 Å². The summed E-state index contributed by atoms with van der Waals surface area (Å²) in [6.45, 7) is 4.02. The number of hydrogen-bond acceptors (Lipinski definition) is 4. The van der Waals surface area contributed by atoms with Crippen LogP contribution in [0.25, 0.3) is 0 Å². The molecule has 2 aromatic heterocycles. The van der Waals surface area contributed by atoms with Crippen LogP contribution in [-0.4, -0.2) is 18.5 Å². The number of nitrogens with zero attached hydrogens (tertiary/aromatic N) is 1. The molecule has 0 aromatic carbocycles. The van der Waals surface area contributed by atoms with Crippen LogP contribution in [0.5, 0.6) is 0 Å². The Labute approximate surface area is 111 Å². The molecule has 4 heteroatoms. The highest BCUT2D eigenvalue weighted by atomic mass is 32.1. The van der Waals surface area contributed by atoms with Gasteiger partial charge in [0.1, 0.15) is 5.76 Å². The maximum Gasteiger partial charge on any atom is 0.122 e. The first-order valence-corrected chi connectivity index (χ1v) is 7.22. The van der Waals surface area contributed by atoms with Gasteiger partial charge in [0.15, 0.2) is 0 Å². The van der Waals surface area contributed by atoms with E-state index in [1.165, 1.54) is 17.5 Å². The Morgan fingerprint density at radius 2 is 2.39 bits per heavy atom. The Balaban J connectivity index is 1.69. The fourth-order valence-electron chi connectivity index (χ4n) is 2.51. The van der Waals surface area contributed by atoms with E-state index in [4.69, 9.17) is 4.42 Å². The van der Waals surface area contributed by atoms with Crippen LogP contribution in [0.15, 0.2) is 28.2 Å². The lowest BCUT2D eigenvalue weighted by Crippen LogP contribution is -2.29. The maximum atomic E-state index is 5.51. The van der Waals surface area contributed by atoms with Crippen LogP contribution in [0.1, 0.15) is 21.8 Å². The zero-order chi connectivity index (χ0) is 12.4. The molecule has 0 unspecified atom stereocenters. The molecule has 0 aliphatic carbocycles. The summed E-state index contributed by atoms with van der Waals surface area (Å²) in [5, 5.41) is 5.36. The van der Waals surface area contributed by atoms with Gasteiger partial charge < -0.3 is 9.73 Å². The molecule has 0 radical (unpaired) electrons. The van der Waals surface area contributed by atoms with Crippen molar-refractivity contribution in [1.82, 2.24) is 10.2 Å². The Bertz CT molecular complexity index is 517. The fourth-order valence-corrected chi connectivity index (χ4v) is 3.40. The van der Waals surface area contributed by atoms with E-state index in [2.05, 4.69) is 27.7 Å². The molecule has 0 bridgehead atoms. The van der Waals surface area contributed by atoms with Crippen molar-refractivity contribution in [2.24, 2.45) is 0 Å². The standard InChI is InChI=1S/C14H18N2OS/c1-15-8-13-11(3-6-17-13)9-16-5-2-14-12(10-16)4-7-18-14/h3-4,6-7,15H,2,5,8-10H2,1H3. The van der Waals surface area contributed by atoms with Crippen LogP contribution in [0.3, 0.4) is 0 Å². The topological polar surface area (TPSA) is 28.4 Å². The molecule has 0 saturated heterocycles. The second-order valence-corrected chi connectivity index (χ2v) is 5.73. The summed E-state index contributed by atoms with van der Waals surface area (Å²) in [4.78, 5) is 4.06. The van der Waals surface area contributed by atoms with Gasteiger partial charge >= 0.3 is 0 Å². The molecule has 3 heterocycles. The van der Waals surface area contributed by atoms with Crippen molar-refractivity contribution in [3.05, 3.63) is 45.5 Å². The van der Waals surface area contributed by atoms with Gasteiger partial charge in [0.2, 0.25) is 0 Å². The van der Waals surface area contributed by atoms with Crippen molar-refractivity contribution in [3.8, 4) is 0 Å². The normalized spacial score (nSPS) is 15.8. The molecule has 0 atom stereocenters. The lowest BCUT2D eigenvalue weighted by Gasteiger charge is -2.26. The van der Waals surface area contributed by atoms with Gasteiger partial charge in [0.25, 0.3) is 0 Å². The summed E-state index contributed by atoms with van der Waals surface area (Å²) >= 11 is 1.89. The van der Waals surface area contributed by atoms with E-state index in [0.29, 0.717) is 0 Å². The van der Waals surface area contributed by atoms with Gasteiger partial charge in [0, 0.05) is 30.1 Å². The Morgan fingerprint density at radius 1 is 1.44 bits per heavy atom. The monoisotopic (exact) mass is 262 g/mol. The molecule has 0 saturated carbocycles. The van der Waals surface area contributed by atoms with Crippen LogP contribution in [0, 0.1) is 0 Å². The average Bonchev–Trinajstić information content (AvgIpc) is 2.99. The number of nitrogens with one attached hydrogen (secondary N) is 1. The Hall–Kier alpha value is -1.10. The highest BCUT2D eigenvalue weighted by molar-refractivity contribution is 7.10. The van der Waals surface area contributed by atoms with Gasteiger partial charge in [-0.3, -0.25) is 4.90 Å². The lowest BCUT2D eigenvalue weighted by molar-refractivity contribution is 0.245. The quantitative estimate of drug-likeness (QED) is 0.918. The van der Waals surface area contributed by atoms with Gasteiger partial charge in [-0.15, -0.1) is 11.3 Å². The van der Waals surface area contributed by atoms with Gasteiger partial charge in [-0.05, 0) is 36.5 Å². The van der Waals surface area contributed by atoms with E-state index >= 15 is 0 Å². The van der Waals surface area contributed by atoms with E-state index in [9.17, 15) is 0 Å². The van der Waals surface area contributed by atoms with Crippen LogP contribution in [0.2, 0.25) is 0 Å². The number of hydrogen-bond donors (Lipinski definition) is 1. The fraction of sp³-hybridized carbons (Fsp3) is 0.429. The maximum absolute atomic E-state index is 5.51. The number of fused-ring (bicyclic) bond motifs is 1. The minimum absolute atomic E-state index is 0.805. The SMILES string of the molecule is CNCc1occc1CN1CCc2sccc2C1. The smallest absolute Gasteiger partial charge is 0.122 e. The molecular weight excluding hydrogens is 244 g/mol. The molecule has 1 N–H and O–H groups in total. The molecule has 3 rings (SSSR count). The molecule has 3 nitrogen and oxygen atoms in total. The number of thiophene rings is 1. The van der Waals surface area contributed by atoms with Crippen LogP contribution in [0.4, 0.5) is 0 Å². The second kappa shape index (κ2) is 5.26. The zero-order valence-electron chi connectivity index (χ0n) is 10.6. The van der Waals surface area contributed by atoms with Crippen molar-refractivity contribution < 1.29 is 4.42 Å². The molecule has 96 valence electrons. The summed E-state index contributed by atoms with van der Waals surface area (Å²) in [6, 6.07) is 4.35. The summed E-state index contributed by atoms with van der Waals surface area (Å²) in [5.41, 5.74) is 2.81. The highest BCUT2D eigenvalue weighted by Gasteiger charge is 2.18. The molecule has 0 spiro atoms. The first kappa shape index (κ1) is 12.0. The van der Waals surface area contributed by atoms with E-state index < -0.39 is 0 Å². The zero-order valence-corrected chi connectivity index (χ0v) is 11.4. The predicted molar refractivity (Wildman–Crippen MR) is 73.6 cm³/mol. The van der Waals surface area contributed by atoms with Crippen molar-refractivity contribution in [1.29, 1.82) is 0 Å². The number of furan rings is 1. The largest absolute Gasteiger partial charge is 0.468 e. The molecule has 2 aromatic rings. The average molecular weight is 262 g/mol. The van der Waals surface area contributed by atoms with Crippen molar-refractivity contribution >= 4 is 11.3 Å². The third-order valence-electron chi connectivity index (χ3n) is 3.46. The number of rotatable bonds is 4. The summed E-state index contributed by atoms with van der Waals surface area (Å²) in [7, 11) is 1.95. The summed E-state index contributed by atoms with van der Waals surface area (Å²) < 4.78 is 5.51. The minimum atomic E-state index is 0.805. The van der Waals surface area contributed by atoms with Crippen molar-refractivity contribution in [3.63, 3.8) is 0 Å². The second-order valence-electron chi connectivity index (χ2n) is 4.73.